The fraction of sp³-hybridized carbons (Fsp3) is 0.167. The quantitative estimate of drug-likeness (QED) is 0.371. The maximum atomic E-state index is 12.6. The number of sulfonamides is 1. The van der Waals surface area contributed by atoms with Gasteiger partial charge in [-0.25, -0.2) is 18.5 Å². The molecule has 0 fully saturated rings. The van der Waals surface area contributed by atoms with Gasteiger partial charge in [-0.15, -0.1) is 11.3 Å². The number of hydrogen-bond donors (Lipinski definition) is 2. The van der Waals surface area contributed by atoms with Gasteiger partial charge >= 0.3 is 0 Å². The van der Waals surface area contributed by atoms with Crippen LogP contribution in [0.4, 0.5) is 5.13 Å². The average Bonchev–Trinajstić information content (AvgIpc) is 3.40. The molecular weight excluding hydrogens is 474 g/mol. The van der Waals surface area contributed by atoms with E-state index in [-0.39, 0.29) is 17.3 Å². The molecule has 0 aliphatic rings. The summed E-state index contributed by atoms with van der Waals surface area (Å²) in [5.74, 6) is 1.01. The predicted octanol–water partition coefficient (Wildman–Crippen LogP) is 4.42. The summed E-state index contributed by atoms with van der Waals surface area (Å²) in [6.07, 6.45) is 0.547. The Labute approximate surface area is 201 Å². The summed E-state index contributed by atoms with van der Waals surface area (Å²) >= 11 is 1.35. The lowest BCUT2D eigenvalue weighted by molar-refractivity contribution is 0.0992. The molecule has 0 saturated heterocycles. The number of carbonyl (C=O) groups excluding carboxylic acids is 1. The molecule has 0 unspecified atom stereocenters. The number of benzene rings is 2. The third kappa shape index (κ3) is 5.90. The van der Waals surface area contributed by atoms with Gasteiger partial charge in [-0.2, -0.15) is 0 Å². The van der Waals surface area contributed by atoms with Gasteiger partial charge in [0, 0.05) is 11.3 Å². The van der Waals surface area contributed by atoms with Crippen molar-refractivity contribution in [3.8, 4) is 5.75 Å². The lowest BCUT2D eigenvalue weighted by Crippen LogP contribution is -2.11. The van der Waals surface area contributed by atoms with Crippen LogP contribution in [0.15, 0.2) is 70.0 Å². The van der Waals surface area contributed by atoms with Gasteiger partial charge in [0.05, 0.1) is 10.6 Å². The van der Waals surface area contributed by atoms with Crippen molar-refractivity contribution >= 4 is 32.4 Å². The van der Waals surface area contributed by atoms with E-state index in [2.05, 4.69) is 10.3 Å². The maximum absolute atomic E-state index is 12.6. The Morgan fingerprint density at radius 1 is 1.06 bits per heavy atom. The summed E-state index contributed by atoms with van der Waals surface area (Å²) in [5, 5.41) is 8.36. The Hall–Kier alpha value is -3.47. The van der Waals surface area contributed by atoms with Crippen LogP contribution in [0.3, 0.4) is 0 Å². The number of furan rings is 1. The standard InChI is InChI=1S/C24H23N3O5S2/c1-15-3-7-18(8-4-15)31-14-19-9-12-21(32-19)23(28)27-24-26-16(2)22(33-24)13-17-5-10-20(11-6-17)34(25,29)30/h3-12H,13-14H2,1-2H3,(H2,25,29,30)(H,26,27,28). The van der Waals surface area contributed by atoms with Crippen LogP contribution < -0.4 is 15.2 Å². The molecule has 0 aliphatic carbocycles. The summed E-state index contributed by atoms with van der Waals surface area (Å²) in [6.45, 7) is 4.07. The molecule has 4 rings (SSSR count). The van der Waals surface area contributed by atoms with Gasteiger partial charge in [-0.1, -0.05) is 29.8 Å². The molecule has 3 N–H and O–H groups in total. The number of anilines is 1. The van der Waals surface area contributed by atoms with Crippen LogP contribution in [0, 0.1) is 13.8 Å². The molecule has 2 aromatic carbocycles. The summed E-state index contributed by atoms with van der Waals surface area (Å²) in [6, 6.07) is 17.3. The van der Waals surface area contributed by atoms with Gasteiger partial charge in [-0.3, -0.25) is 10.1 Å². The largest absolute Gasteiger partial charge is 0.486 e. The van der Waals surface area contributed by atoms with Crippen LogP contribution in [0.2, 0.25) is 0 Å². The Kier molecular flexibility index (Phi) is 6.82. The molecule has 1 amide bonds. The van der Waals surface area contributed by atoms with Crippen molar-refractivity contribution in [2.45, 2.75) is 31.8 Å². The van der Waals surface area contributed by atoms with Gasteiger partial charge in [0.25, 0.3) is 5.91 Å². The lowest BCUT2D eigenvalue weighted by atomic mass is 10.1. The molecule has 10 heteroatoms. The first kappa shape index (κ1) is 23.7. The minimum absolute atomic E-state index is 0.0623. The number of amides is 1. The number of hydrogen-bond acceptors (Lipinski definition) is 7. The molecule has 34 heavy (non-hydrogen) atoms. The number of aryl methyl sites for hydroxylation is 2. The van der Waals surface area contributed by atoms with Gasteiger partial charge < -0.3 is 9.15 Å². The van der Waals surface area contributed by atoms with Crippen LogP contribution in [0.25, 0.3) is 0 Å². The molecule has 0 saturated carbocycles. The van der Waals surface area contributed by atoms with Crippen LogP contribution in [-0.4, -0.2) is 19.3 Å². The molecule has 8 nitrogen and oxygen atoms in total. The first-order valence-electron chi connectivity index (χ1n) is 10.3. The number of primary sulfonamides is 1. The summed E-state index contributed by atoms with van der Waals surface area (Å²) in [7, 11) is -3.73. The van der Waals surface area contributed by atoms with Crippen molar-refractivity contribution in [3.63, 3.8) is 0 Å². The van der Waals surface area contributed by atoms with E-state index in [1.807, 2.05) is 38.1 Å². The highest BCUT2D eigenvalue weighted by Crippen LogP contribution is 2.26. The van der Waals surface area contributed by atoms with E-state index >= 15 is 0 Å². The Morgan fingerprint density at radius 2 is 1.76 bits per heavy atom. The van der Waals surface area contributed by atoms with Gasteiger partial charge in [0.2, 0.25) is 10.0 Å². The van der Waals surface area contributed by atoms with Crippen LogP contribution in [-0.2, 0) is 23.1 Å². The predicted molar refractivity (Wildman–Crippen MR) is 130 cm³/mol. The lowest BCUT2D eigenvalue weighted by Gasteiger charge is -2.04. The second kappa shape index (κ2) is 9.80. The van der Waals surface area contributed by atoms with E-state index in [1.54, 1.807) is 24.3 Å². The van der Waals surface area contributed by atoms with Crippen molar-refractivity contribution in [2.24, 2.45) is 5.14 Å². The maximum Gasteiger partial charge on any atom is 0.293 e. The minimum atomic E-state index is -3.73. The fourth-order valence-corrected chi connectivity index (χ4v) is 4.66. The summed E-state index contributed by atoms with van der Waals surface area (Å²) in [5.41, 5.74) is 2.83. The first-order chi connectivity index (χ1) is 16.2. The number of aromatic nitrogens is 1. The van der Waals surface area contributed by atoms with E-state index < -0.39 is 15.9 Å². The van der Waals surface area contributed by atoms with Crippen molar-refractivity contribution in [3.05, 3.63) is 93.9 Å². The van der Waals surface area contributed by atoms with E-state index in [0.29, 0.717) is 17.3 Å². The van der Waals surface area contributed by atoms with Gasteiger partial charge in [-0.05, 0) is 55.8 Å². The third-order valence-electron chi connectivity index (χ3n) is 5.02. The molecule has 0 aliphatic heterocycles. The monoisotopic (exact) mass is 497 g/mol. The molecular formula is C24H23N3O5S2. The zero-order valence-electron chi connectivity index (χ0n) is 18.6. The Morgan fingerprint density at radius 3 is 2.44 bits per heavy atom. The highest BCUT2D eigenvalue weighted by molar-refractivity contribution is 7.89. The first-order valence-corrected chi connectivity index (χ1v) is 12.7. The number of carbonyl (C=O) groups is 1. The number of nitrogens with two attached hydrogens (primary N) is 1. The van der Waals surface area contributed by atoms with Gasteiger partial charge in [0.15, 0.2) is 10.9 Å². The van der Waals surface area contributed by atoms with E-state index in [9.17, 15) is 13.2 Å². The number of thiazole rings is 1. The number of nitrogens with one attached hydrogen (secondary N) is 1. The molecule has 0 radical (unpaired) electrons. The van der Waals surface area contributed by atoms with Crippen LogP contribution >= 0.6 is 11.3 Å². The molecule has 0 spiro atoms. The van der Waals surface area contributed by atoms with Crippen molar-refractivity contribution in [2.75, 3.05) is 5.32 Å². The molecule has 0 bridgehead atoms. The number of rotatable bonds is 8. The summed E-state index contributed by atoms with van der Waals surface area (Å²) in [4.78, 5) is 18.0. The molecule has 176 valence electrons. The minimum Gasteiger partial charge on any atom is -0.486 e. The molecule has 2 heterocycles. The second-order valence-corrected chi connectivity index (χ2v) is 10.4. The fourth-order valence-electron chi connectivity index (χ4n) is 3.15. The second-order valence-electron chi connectivity index (χ2n) is 7.72. The Balaban J connectivity index is 1.36. The normalized spacial score (nSPS) is 11.4. The van der Waals surface area contributed by atoms with Crippen molar-refractivity contribution in [1.29, 1.82) is 0 Å². The van der Waals surface area contributed by atoms with Crippen LogP contribution in [0.5, 0.6) is 5.75 Å². The average molecular weight is 498 g/mol. The zero-order chi connectivity index (χ0) is 24.3. The molecule has 2 aromatic heterocycles. The van der Waals surface area contributed by atoms with Crippen molar-refractivity contribution < 1.29 is 22.4 Å². The zero-order valence-corrected chi connectivity index (χ0v) is 20.2. The van der Waals surface area contributed by atoms with E-state index in [0.717, 1.165) is 27.4 Å². The Bertz CT molecular complexity index is 1410. The number of ether oxygens (including phenoxy) is 1. The highest BCUT2D eigenvalue weighted by atomic mass is 32.2. The molecule has 4 aromatic rings. The van der Waals surface area contributed by atoms with Crippen molar-refractivity contribution in [1.82, 2.24) is 4.98 Å². The SMILES string of the molecule is Cc1ccc(OCc2ccc(C(=O)Nc3nc(C)c(Cc4ccc(S(N)(=O)=O)cc4)s3)o2)cc1. The van der Waals surface area contributed by atoms with Crippen LogP contribution in [0.1, 0.15) is 38.0 Å². The molecule has 0 atom stereocenters. The van der Waals surface area contributed by atoms with E-state index in [1.165, 1.54) is 23.5 Å². The summed E-state index contributed by atoms with van der Waals surface area (Å²) < 4.78 is 34.1. The highest BCUT2D eigenvalue weighted by Gasteiger charge is 2.16. The topological polar surface area (TPSA) is 125 Å². The number of nitrogens with zero attached hydrogens (tertiary/aromatic N) is 1. The third-order valence-corrected chi connectivity index (χ3v) is 7.02. The van der Waals surface area contributed by atoms with E-state index in [4.69, 9.17) is 14.3 Å². The van der Waals surface area contributed by atoms with Gasteiger partial charge in [0.1, 0.15) is 18.1 Å². The smallest absolute Gasteiger partial charge is 0.293 e.